The molecule has 1 aliphatic heterocycles. The molecule has 1 aliphatic rings. The third kappa shape index (κ3) is 2.46. The van der Waals surface area contributed by atoms with Crippen LogP contribution in [0, 0.1) is 0 Å². The Kier molecular flexibility index (Phi) is 3.29. The summed E-state index contributed by atoms with van der Waals surface area (Å²) in [6, 6.07) is -0.317. The maximum Gasteiger partial charge on any atom is 0.237 e. The number of alkyl halides is 1. The van der Waals surface area contributed by atoms with Crippen LogP contribution in [0.25, 0.3) is 0 Å². The zero-order valence-electron chi connectivity index (χ0n) is 6.40. The first-order valence-corrected chi connectivity index (χ1v) is 3.91. The van der Waals surface area contributed by atoms with Crippen LogP contribution in [0.15, 0.2) is 0 Å². The molecule has 1 heterocycles. The first-order chi connectivity index (χ1) is 5.34. The van der Waals surface area contributed by atoms with Gasteiger partial charge < -0.3 is 10.6 Å². The highest BCUT2D eigenvalue weighted by molar-refractivity contribution is 5.81. The summed E-state index contributed by atoms with van der Waals surface area (Å²) in [5.74, 6) is -0.0693. The van der Waals surface area contributed by atoms with Gasteiger partial charge >= 0.3 is 0 Å². The van der Waals surface area contributed by atoms with Gasteiger partial charge in [-0.25, -0.2) is 0 Å². The Morgan fingerprint density at radius 2 is 2.36 bits per heavy atom. The van der Waals surface area contributed by atoms with Gasteiger partial charge in [0, 0.05) is 6.54 Å². The molecule has 1 amide bonds. The van der Waals surface area contributed by atoms with Crippen LogP contribution >= 0.6 is 0 Å². The van der Waals surface area contributed by atoms with Gasteiger partial charge in [0.15, 0.2) is 0 Å². The van der Waals surface area contributed by atoms with Gasteiger partial charge in [0.25, 0.3) is 0 Å². The van der Waals surface area contributed by atoms with E-state index in [1.54, 1.807) is 0 Å². The predicted molar refractivity (Wildman–Crippen MR) is 40.0 cm³/mol. The Hall–Kier alpha value is -0.640. The molecular formula is C7H13FN2O. The molecule has 0 bridgehead atoms. The quantitative estimate of drug-likeness (QED) is 0.588. The zero-order valence-corrected chi connectivity index (χ0v) is 6.40. The summed E-state index contributed by atoms with van der Waals surface area (Å²) in [4.78, 5) is 11.1. The molecule has 0 saturated carbocycles. The van der Waals surface area contributed by atoms with E-state index in [-0.39, 0.29) is 18.4 Å². The molecule has 0 aromatic heterocycles. The van der Waals surface area contributed by atoms with Crippen molar-refractivity contribution in [2.24, 2.45) is 0 Å². The van der Waals surface area contributed by atoms with Gasteiger partial charge in [0.05, 0.1) is 12.7 Å². The van der Waals surface area contributed by atoms with Crippen molar-refractivity contribution in [2.75, 3.05) is 19.8 Å². The van der Waals surface area contributed by atoms with Crippen LogP contribution in [0.1, 0.15) is 12.8 Å². The molecule has 0 aromatic rings. The van der Waals surface area contributed by atoms with Crippen LogP contribution in [-0.4, -0.2) is 31.7 Å². The molecule has 1 atom stereocenters. The predicted octanol–water partition coefficient (Wildman–Crippen LogP) is -0.176. The summed E-state index contributed by atoms with van der Waals surface area (Å²) in [7, 11) is 0. The van der Waals surface area contributed by atoms with E-state index in [1.165, 1.54) is 0 Å². The third-order valence-corrected chi connectivity index (χ3v) is 1.76. The van der Waals surface area contributed by atoms with E-state index in [2.05, 4.69) is 10.6 Å². The minimum Gasteiger partial charge on any atom is -0.355 e. The second-order valence-corrected chi connectivity index (χ2v) is 2.63. The van der Waals surface area contributed by atoms with Crippen molar-refractivity contribution < 1.29 is 9.18 Å². The Labute approximate surface area is 65.3 Å². The van der Waals surface area contributed by atoms with Crippen LogP contribution in [0.4, 0.5) is 4.39 Å². The lowest BCUT2D eigenvalue weighted by Gasteiger charge is -2.11. The first kappa shape index (κ1) is 8.46. The van der Waals surface area contributed by atoms with E-state index in [4.69, 9.17) is 0 Å². The van der Waals surface area contributed by atoms with Crippen molar-refractivity contribution in [2.45, 2.75) is 18.9 Å². The summed E-state index contributed by atoms with van der Waals surface area (Å²) < 4.78 is 11.9. The maximum atomic E-state index is 11.9. The fourth-order valence-corrected chi connectivity index (χ4v) is 1.13. The van der Waals surface area contributed by atoms with Crippen LogP contribution in [0.5, 0.6) is 0 Å². The Morgan fingerprint density at radius 1 is 1.55 bits per heavy atom. The van der Waals surface area contributed by atoms with Crippen LogP contribution in [0.3, 0.4) is 0 Å². The highest BCUT2D eigenvalue weighted by Crippen LogP contribution is 1.96. The van der Waals surface area contributed by atoms with E-state index in [1.807, 2.05) is 0 Å². The standard InChI is InChI=1S/C7H13FN2O/c8-3-2-6-7(11)10-5-1-4-9-6/h6,9H,1-5H2,(H,10,11). The average molecular weight is 160 g/mol. The number of hydrogen-bond acceptors (Lipinski definition) is 2. The smallest absolute Gasteiger partial charge is 0.237 e. The summed E-state index contributed by atoms with van der Waals surface area (Å²) in [5, 5.41) is 5.69. The summed E-state index contributed by atoms with van der Waals surface area (Å²) >= 11 is 0. The highest BCUT2D eigenvalue weighted by atomic mass is 19.1. The highest BCUT2D eigenvalue weighted by Gasteiger charge is 2.18. The number of amides is 1. The van der Waals surface area contributed by atoms with E-state index >= 15 is 0 Å². The average Bonchev–Trinajstić information content (AvgIpc) is 2.18. The molecule has 4 heteroatoms. The number of halogens is 1. The number of carbonyl (C=O) groups is 1. The molecule has 0 radical (unpaired) electrons. The maximum absolute atomic E-state index is 11.9. The Bertz CT molecular complexity index is 140. The van der Waals surface area contributed by atoms with Gasteiger partial charge in [-0.05, 0) is 19.4 Å². The molecule has 11 heavy (non-hydrogen) atoms. The largest absolute Gasteiger partial charge is 0.355 e. The minimum absolute atomic E-state index is 0.0693. The monoisotopic (exact) mass is 160 g/mol. The number of rotatable bonds is 2. The fraction of sp³-hybridized carbons (Fsp3) is 0.857. The fourth-order valence-electron chi connectivity index (χ4n) is 1.13. The molecule has 1 fully saturated rings. The molecular weight excluding hydrogens is 147 g/mol. The van der Waals surface area contributed by atoms with Crippen LogP contribution in [-0.2, 0) is 4.79 Å². The van der Waals surface area contributed by atoms with E-state index in [0.717, 1.165) is 13.0 Å². The van der Waals surface area contributed by atoms with E-state index in [0.29, 0.717) is 6.54 Å². The van der Waals surface area contributed by atoms with Crippen molar-refractivity contribution in [1.29, 1.82) is 0 Å². The van der Waals surface area contributed by atoms with Gasteiger partial charge in [-0.1, -0.05) is 0 Å². The summed E-state index contributed by atoms with van der Waals surface area (Å²) in [6.45, 7) is 1.06. The van der Waals surface area contributed by atoms with E-state index in [9.17, 15) is 9.18 Å². The summed E-state index contributed by atoms with van der Waals surface area (Å²) in [5.41, 5.74) is 0. The second-order valence-electron chi connectivity index (χ2n) is 2.63. The topological polar surface area (TPSA) is 41.1 Å². The van der Waals surface area contributed by atoms with Crippen molar-refractivity contribution in [3.05, 3.63) is 0 Å². The normalized spacial score (nSPS) is 25.9. The molecule has 1 rings (SSSR count). The SMILES string of the molecule is O=C1NCCCNC1CCF. The van der Waals surface area contributed by atoms with Crippen molar-refractivity contribution in [3.8, 4) is 0 Å². The molecule has 2 N–H and O–H groups in total. The molecule has 1 saturated heterocycles. The lowest BCUT2D eigenvalue weighted by Crippen LogP contribution is -2.41. The van der Waals surface area contributed by atoms with Crippen molar-refractivity contribution >= 4 is 5.91 Å². The van der Waals surface area contributed by atoms with Gasteiger partial charge in [0.2, 0.25) is 5.91 Å². The van der Waals surface area contributed by atoms with Crippen LogP contribution in [0.2, 0.25) is 0 Å². The van der Waals surface area contributed by atoms with Gasteiger partial charge in [-0.15, -0.1) is 0 Å². The van der Waals surface area contributed by atoms with Crippen molar-refractivity contribution in [1.82, 2.24) is 10.6 Å². The zero-order chi connectivity index (χ0) is 8.10. The van der Waals surface area contributed by atoms with Crippen molar-refractivity contribution in [3.63, 3.8) is 0 Å². The lowest BCUT2D eigenvalue weighted by molar-refractivity contribution is -0.122. The summed E-state index contributed by atoms with van der Waals surface area (Å²) in [6.07, 6.45) is 1.21. The molecule has 3 nitrogen and oxygen atoms in total. The van der Waals surface area contributed by atoms with Crippen LogP contribution < -0.4 is 10.6 Å². The molecule has 64 valence electrons. The van der Waals surface area contributed by atoms with Gasteiger partial charge in [-0.3, -0.25) is 9.18 Å². The third-order valence-electron chi connectivity index (χ3n) is 1.76. The minimum atomic E-state index is -0.439. The van der Waals surface area contributed by atoms with E-state index < -0.39 is 6.67 Å². The molecule has 0 spiro atoms. The van der Waals surface area contributed by atoms with Gasteiger partial charge in [-0.2, -0.15) is 0 Å². The molecule has 0 aromatic carbocycles. The molecule has 0 aliphatic carbocycles. The second kappa shape index (κ2) is 4.28. The number of hydrogen-bond donors (Lipinski definition) is 2. The Morgan fingerprint density at radius 3 is 3.09 bits per heavy atom. The first-order valence-electron chi connectivity index (χ1n) is 3.91. The number of carbonyl (C=O) groups excluding carboxylic acids is 1. The van der Waals surface area contributed by atoms with Gasteiger partial charge in [0.1, 0.15) is 0 Å². The Balaban J connectivity index is 2.39. The number of nitrogens with one attached hydrogen (secondary N) is 2. The molecule has 1 unspecified atom stereocenters. The lowest BCUT2D eigenvalue weighted by atomic mass is 10.2.